The summed E-state index contributed by atoms with van der Waals surface area (Å²) in [7, 11) is -3.60. The standard InChI is InChI=1S/C21H28N2O4S/c1-5-17-9-12-19(13-10-17)27-15-21(24)22-18-11-8-16(4)20(14-18)28(25,26)23(6-2)7-3/h8-14H,5-7,15H2,1-4H3,(H,22,24). The van der Waals surface area contributed by atoms with Gasteiger partial charge in [-0.25, -0.2) is 8.42 Å². The fraction of sp³-hybridized carbons (Fsp3) is 0.381. The van der Waals surface area contributed by atoms with Crippen molar-refractivity contribution >= 4 is 21.6 Å². The largest absolute Gasteiger partial charge is 0.484 e. The van der Waals surface area contributed by atoms with Crippen LogP contribution in [0.4, 0.5) is 5.69 Å². The topological polar surface area (TPSA) is 75.7 Å². The summed E-state index contributed by atoms with van der Waals surface area (Å²) in [5.74, 6) is 0.260. The Morgan fingerprint density at radius 1 is 1.04 bits per heavy atom. The fourth-order valence-electron chi connectivity index (χ4n) is 2.83. The van der Waals surface area contributed by atoms with E-state index < -0.39 is 10.0 Å². The van der Waals surface area contributed by atoms with Gasteiger partial charge in [-0.2, -0.15) is 4.31 Å². The maximum atomic E-state index is 12.8. The summed E-state index contributed by atoms with van der Waals surface area (Å²) < 4.78 is 32.5. The zero-order valence-corrected chi connectivity index (χ0v) is 17.7. The van der Waals surface area contributed by atoms with Crippen molar-refractivity contribution in [2.75, 3.05) is 25.0 Å². The predicted octanol–water partition coefficient (Wildman–Crippen LogP) is 3.61. The summed E-state index contributed by atoms with van der Waals surface area (Å²) in [6.45, 7) is 8.03. The molecule has 28 heavy (non-hydrogen) atoms. The minimum Gasteiger partial charge on any atom is -0.484 e. The molecule has 0 heterocycles. The Kier molecular flexibility index (Phi) is 7.60. The number of nitrogens with one attached hydrogen (secondary N) is 1. The van der Waals surface area contributed by atoms with Gasteiger partial charge in [-0.15, -0.1) is 0 Å². The van der Waals surface area contributed by atoms with Crippen molar-refractivity contribution in [2.45, 2.75) is 39.0 Å². The van der Waals surface area contributed by atoms with Gasteiger partial charge in [-0.05, 0) is 48.7 Å². The first-order chi connectivity index (χ1) is 13.3. The molecule has 0 aliphatic carbocycles. The third-order valence-electron chi connectivity index (χ3n) is 4.50. The summed E-state index contributed by atoms with van der Waals surface area (Å²) in [4.78, 5) is 12.4. The van der Waals surface area contributed by atoms with Crippen LogP contribution in [0, 0.1) is 6.92 Å². The summed E-state index contributed by atoms with van der Waals surface area (Å²) in [6.07, 6.45) is 0.937. The number of carbonyl (C=O) groups excluding carboxylic acids is 1. The van der Waals surface area contributed by atoms with E-state index >= 15 is 0 Å². The number of amides is 1. The zero-order chi connectivity index (χ0) is 20.7. The van der Waals surface area contributed by atoms with Gasteiger partial charge in [-0.3, -0.25) is 4.79 Å². The van der Waals surface area contributed by atoms with E-state index in [0.717, 1.165) is 6.42 Å². The highest BCUT2D eigenvalue weighted by Crippen LogP contribution is 2.23. The number of nitrogens with zero attached hydrogens (tertiary/aromatic N) is 1. The van der Waals surface area contributed by atoms with Gasteiger partial charge in [0.2, 0.25) is 10.0 Å². The highest BCUT2D eigenvalue weighted by Gasteiger charge is 2.24. The Hall–Kier alpha value is -2.38. The molecule has 0 spiro atoms. The lowest BCUT2D eigenvalue weighted by Gasteiger charge is -2.20. The van der Waals surface area contributed by atoms with Gasteiger partial charge >= 0.3 is 0 Å². The average molecular weight is 405 g/mol. The molecule has 0 saturated carbocycles. The number of carbonyl (C=O) groups is 1. The molecular weight excluding hydrogens is 376 g/mol. The van der Waals surface area contributed by atoms with Gasteiger partial charge in [0, 0.05) is 18.8 Å². The van der Waals surface area contributed by atoms with E-state index in [0.29, 0.717) is 30.1 Å². The predicted molar refractivity (Wildman–Crippen MR) is 111 cm³/mol. The van der Waals surface area contributed by atoms with Crippen LogP contribution in [-0.4, -0.2) is 38.3 Å². The number of hydrogen-bond donors (Lipinski definition) is 1. The van der Waals surface area contributed by atoms with Gasteiger partial charge < -0.3 is 10.1 Å². The van der Waals surface area contributed by atoms with Gasteiger partial charge in [0.25, 0.3) is 5.91 Å². The summed E-state index contributed by atoms with van der Waals surface area (Å²) in [5, 5.41) is 2.70. The monoisotopic (exact) mass is 404 g/mol. The van der Waals surface area contributed by atoms with E-state index in [1.54, 1.807) is 32.9 Å². The molecule has 0 aromatic heterocycles. The van der Waals surface area contributed by atoms with Crippen LogP contribution in [0.3, 0.4) is 0 Å². The number of hydrogen-bond acceptors (Lipinski definition) is 4. The van der Waals surface area contributed by atoms with Crippen LogP contribution in [0.5, 0.6) is 5.75 Å². The third kappa shape index (κ3) is 5.33. The van der Waals surface area contributed by atoms with Crippen molar-refractivity contribution in [3.63, 3.8) is 0 Å². The molecule has 6 nitrogen and oxygen atoms in total. The first-order valence-electron chi connectivity index (χ1n) is 9.44. The summed E-state index contributed by atoms with van der Waals surface area (Å²) in [6, 6.07) is 12.4. The number of rotatable bonds is 9. The highest BCUT2D eigenvalue weighted by atomic mass is 32.2. The maximum absolute atomic E-state index is 12.8. The molecule has 7 heteroatoms. The molecule has 0 bridgehead atoms. The molecule has 0 atom stereocenters. The third-order valence-corrected chi connectivity index (χ3v) is 6.69. The van der Waals surface area contributed by atoms with E-state index in [1.165, 1.54) is 15.9 Å². The lowest BCUT2D eigenvalue weighted by Crippen LogP contribution is -2.31. The van der Waals surface area contributed by atoms with Gasteiger partial charge in [0.15, 0.2) is 6.61 Å². The molecule has 0 fully saturated rings. The first-order valence-corrected chi connectivity index (χ1v) is 10.9. The first kappa shape index (κ1) is 21.9. The molecule has 0 saturated heterocycles. The fourth-order valence-corrected chi connectivity index (χ4v) is 4.53. The molecule has 152 valence electrons. The lowest BCUT2D eigenvalue weighted by molar-refractivity contribution is -0.118. The Morgan fingerprint density at radius 2 is 1.68 bits per heavy atom. The molecule has 2 rings (SSSR count). The normalized spacial score (nSPS) is 11.5. The van der Waals surface area contributed by atoms with E-state index in [1.807, 2.05) is 24.3 Å². The Labute approximate surface area is 167 Å². The van der Waals surface area contributed by atoms with Gasteiger partial charge in [0.05, 0.1) is 4.90 Å². The van der Waals surface area contributed by atoms with E-state index in [9.17, 15) is 13.2 Å². The maximum Gasteiger partial charge on any atom is 0.262 e. The van der Waals surface area contributed by atoms with Crippen LogP contribution in [0.15, 0.2) is 47.4 Å². The van der Waals surface area contributed by atoms with E-state index in [2.05, 4.69) is 12.2 Å². The number of anilines is 1. The Balaban J connectivity index is 2.08. The molecular formula is C21H28N2O4S. The molecule has 0 unspecified atom stereocenters. The van der Waals surface area contributed by atoms with Crippen LogP contribution in [0.2, 0.25) is 0 Å². The minimum atomic E-state index is -3.60. The molecule has 0 radical (unpaired) electrons. The second-order valence-corrected chi connectivity index (χ2v) is 8.31. The average Bonchev–Trinajstić information content (AvgIpc) is 2.69. The van der Waals surface area contributed by atoms with Crippen molar-refractivity contribution in [1.29, 1.82) is 0 Å². The van der Waals surface area contributed by atoms with Gasteiger partial charge in [0.1, 0.15) is 5.75 Å². The van der Waals surface area contributed by atoms with Crippen LogP contribution >= 0.6 is 0 Å². The molecule has 0 aliphatic heterocycles. The molecule has 1 amide bonds. The zero-order valence-electron chi connectivity index (χ0n) is 16.9. The van der Waals surface area contributed by atoms with Crippen molar-refractivity contribution in [1.82, 2.24) is 4.31 Å². The van der Waals surface area contributed by atoms with Crippen molar-refractivity contribution in [3.05, 3.63) is 53.6 Å². The molecule has 0 aliphatic rings. The summed E-state index contributed by atoms with van der Waals surface area (Å²) in [5.41, 5.74) is 2.25. The second-order valence-electron chi connectivity index (χ2n) is 6.40. The quantitative estimate of drug-likeness (QED) is 0.693. The van der Waals surface area contributed by atoms with Crippen LogP contribution in [0.1, 0.15) is 31.9 Å². The number of benzene rings is 2. The molecule has 1 N–H and O–H groups in total. The minimum absolute atomic E-state index is 0.155. The van der Waals surface area contributed by atoms with Crippen molar-refractivity contribution in [2.24, 2.45) is 0 Å². The number of ether oxygens (including phenoxy) is 1. The molecule has 2 aromatic carbocycles. The van der Waals surface area contributed by atoms with Crippen LogP contribution < -0.4 is 10.1 Å². The highest BCUT2D eigenvalue weighted by molar-refractivity contribution is 7.89. The van der Waals surface area contributed by atoms with Crippen LogP contribution in [0.25, 0.3) is 0 Å². The van der Waals surface area contributed by atoms with E-state index in [4.69, 9.17) is 4.74 Å². The Morgan fingerprint density at radius 3 is 2.25 bits per heavy atom. The molecule has 2 aromatic rings. The SMILES string of the molecule is CCc1ccc(OCC(=O)Nc2ccc(C)c(S(=O)(=O)N(CC)CC)c2)cc1. The second kappa shape index (κ2) is 9.71. The summed E-state index contributed by atoms with van der Waals surface area (Å²) >= 11 is 0. The Bertz CT molecular complexity index is 905. The number of aryl methyl sites for hydroxylation is 2. The number of sulfonamides is 1. The van der Waals surface area contributed by atoms with Crippen molar-refractivity contribution < 1.29 is 17.9 Å². The smallest absolute Gasteiger partial charge is 0.262 e. The van der Waals surface area contributed by atoms with Gasteiger partial charge in [-0.1, -0.05) is 39.0 Å². The van der Waals surface area contributed by atoms with Crippen molar-refractivity contribution in [3.8, 4) is 5.75 Å². The lowest BCUT2D eigenvalue weighted by atomic mass is 10.2. The van der Waals surface area contributed by atoms with Crippen LogP contribution in [-0.2, 0) is 21.2 Å². The van der Waals surface area contributed by atoms with E-state index in [-0.39, 0.29) is 17.4 Å².